The van der Waals surface area contributed by atoms with Gasteiger partial charge in [0.1, 0.15) is 0 Å². The summed E-state index contributed by atoms with van der Waals surface area (Å²) >= 11 is 1.22. The first-order valence-corrected chi connectivity index (χ1v) is 10.8. The first-order chi connectivity index (χ1) is 15.6. The molecule has 1 aliphatic heterocycles. The van der Waals surface area contributed by atoms with Crippen LogP contribution in [0.5, 0.6) is 11.5 Å². The van der Waals surface area contributed by atoms with Crippen LogP contribution < -0.4 is 20.1 Å². The molecule has 0 aliphatic carbocycles. The van der Waals surface area contributed by atoms with Crippen LogP contribution in [0.1, 0.15) is 15.9 Å². The van der Waals surface area contributed by atoms with Gasteiger partial charge in [0.15, 0.2) is 18.1 Å². The summed E-state index contributed by atoms with van der Waals surface area (Å²) in [6.45, 7) is 0.869. The maximum Gasteiger partial charge on any atom is 0.339 e. The number of hydrogen-bond donors (Lipinski definition) is 2. The van der Waals surface area contributed by atoms with Gasteiger partial charge in [0.25, 0.3) is 5.91 Å². The van der Waals surface area contributed by atoms with Gasteiger partial charge in [0.2, 0.25) is 12.7 Å². The Morgan fingerprint density at radius 3 is 2.69 bits per heavy atom. The van der Waals surface area contributed by atoms with Gasteiger partial charge in [-0.15, -0.1) is 11.8 Å². The molecule has 0 saturated carbocycles. The first-order valence-electron chi connectivity index (χ1n) is 9.86. The van der Waals surface area contributed by atoms with Crippen LogP contribution in [0, 0.1) is 0 Å². The third kappa shape index (κ3) is 6.89. The zero-order chi connectivity index (χ0) is 22.8. The number of amides is 2. The highest BCUT2D eigenvalue weighted by Crippen LogP contribution is 2.32. The van der Waals surface area contributed by atoms with Gasteiger partial charge >= 0.3 is 5.97 Å². The van der Waals surface area contributed by atoms with Crippen molar-refractivity contribution in [1.29, 1.82) is 0 Å². The lowest BCUT2D eigenvalue weighted by Gasteiger charge is -2.10. The predicted octanol–water partition coefficient (Wildman–Crippen LogP) is 1.74. The maximum atomic E-state index is 12.5. The fraction of sp³-hybridized carbons (Fsp3) is 0.318. The highest BCUT2D eigenvalue weighted by atomic mass is 32.2. The molecule has 0 aromatic heterocycles. The number of carbonyl (C=O) groups excluding carboxylic acids is 3. The van der Waals surface area contributed by atoms with Crippen LogP contribution in [0.4, 0.5) is 0 Å². The minimum atomic E-state index is -0.633. The summed E-state index contributed by atoms with van der Waals surface area (Å²) in [6.07, 6.45) is 0. The molecule has 0 atom stereocenters. The van der Waals surface area contributed by atoms with E-state index in [0.717, 1.165) is 5.56 Å². The monoisotopic (exact) mass is 460 g/mol. The number of carbonyl (C=O) groups is 3. The molecule has 2 amide bonds. The third-order valence-electron chi connectivity index (χ3n) is 4.36. The van der Waals surface area contributed by atoms with Crippen LogP contribution >= 0.6 is 11.8 Å². The average molecular weight is 461 g/mol. The van der Waals surface area contributed by atoms with Gasteiger partial charge in [0.05, 0.1) is 17.9 Å². The number of methoxy groups -OCH3 is 1. The number of benzene rings is 2. The van der Waals surface area contributed by atoms with Crippen LogP contribution in [0.15, 0.2) is 47.4 Å². The van der Waals surface area contributed by atoms with E-state index in [4.69, 9.17) is 18.9 Å². The Bertz CT molecular complexity index is 967. The number of esters is 1. The van der Waals surface area contributed by atoms with E-state index in [0.29, 0.717) is 35.1 Å². The van der Waals surface area contributed by atoms with E-state index in [1.807, 2.05) is 6.07 Å². The Morgan fingerprint density at radius 1 is 1.03 bits per heavy atom. The second-order valence-corrected chi connectivity index (χ2v) is 7.69. The van der Waals surface area contributed by atoms with Crippen LogP contribution in [-0.2, 0) is 25.6 Å². The van der Waals surface area contributed by atoms with E-state index in [-0.39, 0.29) is 25.0 Å². The molecule has 2 aromatic carbocycles. The number of ether oxygens (including phenoxy) is 4. The second-order valence-electron chi connectivity index (χ2n) is 6.67. The smallest absolute Gasteiger partial charge is 0.339 e. The van der Waals surface area contributed by atoms with Crippen molar-refractivity contribution in [2.75, 3.05) is 39.4 Å². The number of hydrogen-bond acceptors (Lipinski definition) is 8. The lowest BCUT2D eigenvalue weighted by atomic mass is 10.2. The van der Waals surface area contributed by atoms with Crippen molar-refractivity contribution in [3.63, 3.8) is 0 Å². The van der Waals surface area contributed by atoms with Gasteiger partial charge in [-0.3, -0.25) is 9.59 Å². The van der Waals surface area contributed by atoms with Crippen LogP contribution in [0.2, 0.25) is 0 Å². The summed E-state index contributed by atoms with van der Waals surface area (Å²) in [6, 6.07) is 12.2. The fourth-order valence-electron chi connectivity index (χ4n) is 2.76. The molecule has 0 saturated heterocycles. The molecule has 0 unspecified atom stereocenters. The molecular weight excluding hydrogens is 436 g/mol. The highest BCUT2D eigenvalue weighted by Gasteiger charge is 2.16. The summed E-state index contributed by atoms with van der Waals surface area (Å²) in [7, 11) is 1.56. The molecule has 1 aliphatic rings. The van der Waals surface area contributed by atoms with Gasteiger partial charge in [0, 0.05) is 25.1 Å². The van der Waals surface area contributed by atoms with E-state index in [1.165, 1.54) is 11.8 Å². The van der Waals surface area contributed by atoms with Gasteiger partial charge in [-0.25, -0.2) is 4.79 Å². The Morgan fingerprint density at radius 2 is 1.84 bits per heavy atom. The Balaban J connectivity index is 1.45. The number of rotatable bonds is 11. The summed E-state index contributed by atoms with van der Waals surface area (Å²) in [5.74, 6) is 0.204. The molecule has 9 nitrogen and oxygen atoms in total. The number of nitrogens with one attached hydrogen (secondary N) is 2. The minimum absolute atomic E-state index is 0.143. The fourth-order valence-corrected chi connectivity index (χ4v) is 3.63. The van der Waals surface area contributed by atoms with Crippen molar-refractivity contribution in [2.45, 2.75) is 11.4 Å². The normalized spacial score (nSPS) is 11.7. The number of fused-ring (bicyclic) bond motifs is 1. The highest BCUT2D eigenvalue weighted by molar-refractivity contribution is 8.00. The quantitative estimate of drug-likeness (QED) is 0.296. The average Bonchev–Trinajstić information content (AvgIpc) is 3.28. The van der Waals surface area contributed by atoms with Crippen LogP contribution in [0.25, 0.3) is 0 Å². The van der Waals surface area contributed by atoms with Crippen molar-refractivity contribution in [1.82, 2.24) is 10.6 Å². The standard InChI is InChI=1S/C22H24N2O7S/c1-28-9-8-23-21(26)13-32-19-5-3-2-4-16(19)22(27)29-12-20(25)24-11-15-6-7-17-18(10-15)31-14-30-17/h2-7,10H,8-9,11-14H2,1H3,(H,23,26)(H,24,25). The molecule has 10 heteroatoms. The maximum absolute atomic E-state index is 12.5. The molecule has 32 heavy (non-hydrogen) atoms. The molecule has 0 bridgehead atoms. The summed E-state index contributed by atoms with van der Waals surface area (Å²) < 4.78 is 20.6. The zero-order valence-corrected chi connectivity index (χ0v) is 18.4. The van der Waals surface area contributed by atoms with Gasteiger partial charge in [-0.2, -0.15) is 0 Å². The van der Waals surface area contributed by atoms with E-state index in [9.17, 15) is 14.4 Å². The van der Waals surface area contributed by atoms with Gasteiger partial charge in [-0.05, 0) is 29.8 Å². The van der Waals surface area contributed by atoms with Crippen molar-refractivity contribution in [3.8, 4) is 11.5 Å². The Kier molecular flexibility index (Phi) is 8.76. The molecule has 0 radical (unpaired) electrons. The molecule has 0 spiro atoms. The van der Waals surface area contributed by atoms with Crippen molar-refractivity contribution in [3.05, 3.63) is 53.6 Å². The largest absolute Gasteiger partial charge is 0.454 e. The summed E-state index contributed by atoms with van der Waals surface area (Å²) in [5.41, 5.74) is 1.13. The van der Waals surface area contributed by atoms with Crippen molar-refractivity contribution >= 4 is 29.5 Å². The van der Waals surface area contributed by atoms with Crippen LogP contribution in [-0.4, -0.2) is 57.2 Å². The Hall–Kier alpha value is -3.24. The lowest BCUT2D eigenvalue weighted by molar-refractivity contribution is -0.124. The van der Waals surface area contributed by atoms with Crippen LogP contribution in [0.3, 0.4) is 0 Å². The molecule has 2 N–H and O–H groups in total. The molecule has 3 rings (SSSR count). The predicted molar refractivity (Wildman–Crippen MR) is 117 cm³/mol. The molecule has 1 heterocycles. The second kappa shape index (κ2) is 12.0. The molecule has 2 aromatic rings. The summed E-state index contributed by atoms with van der Waals surface area (Å²) in [5, 5.41) is 5.41. The van der Waals surface area contributed by atoms with E-state index < -0.39 is 18.5 Å². The zero-order valence-electron chi connectivity index (χ0n) is 17.6. The van der Waals surface area contributed by atoms with E-state index in [2.05, 4.69) is 10.6 Å². The van der Waals surface area contributed by atoms with Gasteiger partial charge < -0.3 is 29.6 Å². The number of thioether (sulfide) groups is 1. The molecule has 170 valence electrons. The lowest BCUT2D eigenvalue weighted by Crippen LogP contribution is -2.29. The summed E-state index contributed by atoms with van der Waals surface area (Å²) in [4.78, 5) is 37.0. The Labute approximate surface area is 189 Å². The van der Waals surface area contributed by atoms with Crippen molar-refractivity contribution < 1.29 is 33.3 Å². The van der Waals surface area contributed by atoms with E-state index >= 15 is 0 Å². The van der Waals surface area contributed by atoms with E-state index in [1.54, 1.807) is 43.5 Å². The topological polar surface area (TPSA) is 112 Å². The van der Waals surface area contributed by atoms with Gasteiger partial charge in [-0.1, -0.05) is 18.2 Å². The SMILES string of the molecule is COCCNC(=O)CSc1ccccc1C(=O)OCC(=O)NCc1ccc2c(c1)OCO2. The molecule has 0 fully saturated rings. The molecular formula is C22H24N2O7S. The minimum Gasteiger partial charge on any atom is -0.454 e. The first kappa shape index (κ1) is 23.4. The third-order valence-corrected chi connectivity index (χ3v) is 5.43. The van der Waals surface area contributed by atoms with Crippen molar-refractivity contribution in [2.24, 2.45) is 0 Å².